The molecule has 0 saturated heterocycles. The van der Waals surface area contributed by atoms with E-state index in [1.54, 1.807) is 0 Å². The zero-order chi connectivity index (χ0) is 28.1. The Morgan fingerprint density at radius 3 is 1.88 bits per heavy atom. The maximum absolute atomic E-state index is 4.68. The van der Waals surface area contributed by atoms with Crippen molar-refractivity contribution in [2.75, 3.05) is 0 Å². The highest BCUT2D eigenvalue weighted by Gasteiger charge is 2.50. The van der Waals surface area contributed by atoms with Crippen LogP contribution in [0.4, 0.5) is 0 Å². The van der Waals surface area contributed by atoms with Crippen LogP contribution in [0.3, 0.4) is 0 Å². The molecule has 2 aliphatic carbocycles. The molecule has 2 aliphatic rings. The van der Waals surface area contributed by atoms with Crippen molar-refractivity contribution < 1.29 is 0 Å². The molecule has 1 heterocycles. The predicted octanol–water partition coefficient (Wildman–Crippen LogP) is 10.6. The third-order valence-electron chi connectivity index (χ3n) is 9.93. The molecule has 0 aliphatic heterocycles. The van der Waals surface area contributed by atoms with Crippen LogP contribution >= 0.6 is 0 Å². The minimum atomic E-state index is -0.419. The molecular formula is C42H25N. The van der Waals surface area contributed by atoms with Gasteiger partial charge in [-0.25, -0.2) is 0 Å². The molecule has 0 N–H and O–H groups in total. The van der Waals surface area contributed by atoms with Gasteiger partial charge in [0.1, 0.15) is 0 Å². The smallest absolute Gasteiger partial charge is 0.0726 e. The molecule has 43 heavy (non-hydrogen) atoms. The molecule has 10 rings (SSSR count). The third kappa shape index (κ3) is 2.84. The maximum atomic E-state index is 4.68. The van der Waals surface area contributed by atoms with Crippen molar-refractivity contribution in [1.29, 1.82) is 0 Å². The molecule has 1 unspecified atom stereocenters. The van der Waals surface area contributed by atoms with E-state index in [-0.39, 0.29) is 0 Å². The quantitative estimate of drug-likeness (QED) is 0.188. The summed E-state index contributed by atoms with van der Waals surface area (Å²) in [5.74, 6) is 0. The predicted molar refractivity (Wildman–Crippen MR) is 178 cm³/mol. The highest BCUT2D eigenvalue weighted by atomic mass is 14.6. The summed E-state index contributed by atoms with van der Waals surface area (Å²) in [6.07, 6.45) is 4.05. The van der Waals surface area contributed by atoms with Crippen LogP contribution in [-0.4, -0.2) is 4.98 Å². The lowest BCUT2D eigenvalue weighted by Gasteiger charge is -2.40. The third-order valence-corrected chi connectivity index (χ3v) is 9.93. The van der Waals surface area contributed by atoms with E-state index in [4.69, 9.17) is 0 Å². The Kier molecular flexibility index (Phi) is 4.44. The van der Waals surface area contributed by atoms with E-state index in [1.165, 1.54) is 88.0 Å². The lowest BCUT2D eigenvalue weighted by atomic mass is 9.61. The van der Waals surface area contributed by atoms with Crippen LogP contribution in [0.15, 0.2) is 152 Å². The Balaban J connectivity index is 1.35. The summed E-state index contributed by atoms with van der Waals surface area (Å²) < 4.78 is 0. The lowest BCUT2D eigenvalue weighted by Crippen LogP contribution is -2.31. The second kappa shape index (κ2) is 8.27. The zero-order valence-corrected chi connectivity index (χ0v) is 23.4. The topological polar surface area (TPSA) is 12.9 Å². The fourth-order valence-corrected chi connectivity index (χ4v) is 8.30. The SMILES string of the molecule is c1ccc2c(c1)-c1cccc3cccc(c13)C21c2ccncc2-c2cc(-c3c4ccccc4cc4ccccc34)ccc21. The number of pyridine rings is 1. The summed E-state index contributed by atoms with van der Waals surface area (Å²) in [5, 5.41) is 7.72. The van der Waals surface area contributed by atoms with Crippen molar-refractivity contribution in [3.8, 4) is 33.4 Å². The van der Waals surface area contributed by atoms with Gasteiger partial charge in [0.25, 0.3) is 0 Å². The molecule has 1 heteroatoms. The Labute approximate surface area is 249 Å². The molecule has 1 nitrogen and oxygen atoms in total. The summed E-state index contributed by atoms with van der Waals surface area (Å²) in [6.45, 7) is 0. The summed E-state index contributed by atoms with van der Waals surface area (Å²) in [7, 11) is 0. The summed E-state index contributed by atoms with van der Waals surface area (Å²) in [6, 6.07) is 51.9. The minimum Gasteiger partial charge on any atom is -0.264 e. The minimum absolute atomic E-state index is 0.419. The highest BCUT2D eigenvalue weighted by Crippen LogP contribution is 2.62. The zero-order valence-electron chi connectivity index (χ0n) is 23.4. The van der Waals surface area contributed by atoms with Crippen molar-refractivity contribution >= 4 is 32.3 Å². The first-order valence-electron chi connectivity index (χ1n) is 15.0. The molecule has 8 aromatic rings. The molecule has 0 saturated carbocycles. The van der Waals surface area contributed by atoms with Gasteiger partial charge < -0.3 is 0 Å². The second-order valence-electron chi connectivity index (χ2n) is 11.9. The van der Waals surface area contributed by atoms with Crippen molar-refractivity contribution in [2.24, 2.45) is 0 Å². The fraction of sp³-hybridized carbons (Fsp3) is 0.0238. The normalized spacial score (nSPS) is 16.0. The number of hydrogen-bond donors (Lipinski definition) is 0. The van der Waals surface area contributed by atoms with E-state index >= 15 is 0 Å². The van der Waals surface area contributed by atoms with Crippen molar-refractivity contribution in [1.82, 2.24) is 4.98 Å². The van der Waals surface area contributed by atoms with Gasteiger partial charge in [-0.05, 0) is 101 Å². The van der Waals surface area contributed by atoms with Crippen LogP contribution in [0.5, 0.6) is 0 Å². The Morgan fingerprint density at radius 2 is 1.05 bits per heavy atom. The molecule has 198 valence electrons. The maximum Gasteiger partial charge on any atom is 0.0726 e. The van der Waals surface area contributed by atoms with E-state index in [9.17, 15) is 0 Å². The number of aromatic nitrogens is 1. The van der Waals surface area contributed by atoms with E-state index in [2.05, 4.69) is 151 Å². The van der Waals surface area contributed by atoms with Crippen LogP contribution in [0.1, 0.15) is 22.3 Å². The summed E-state index contributed by atoms with van der Waals surface area (Å²) in [4.78, 5) is 4.68. The van der Waals surface area contributed by atoms with Crippen LogP contribution < -0.4 is 0 Å². The second-order valence-corrected chi connectivity index (χ2v) is 11.9. The van der Waals surface area contributed by atoms with Crippen LogP contribution in [0.25, 0.3) is 65.7 Å². The first kappa shape index (κ1) is 23.1. The fourth-order valence-electron chi connectivity index (χ4n) is 8.30. The molecule has 0 bridgehead atoms. The number of rotatable bonds is 1. The van der Waals surface area contributed by atoms with E-state index in [0.717, 1.165) is 0 Å². The van der Waals surface area contributed by atoms with Gasteiger partial charge in [0.15, 0.2) is 0 Å². The molecule has 0 fully saturated rings. The molecular weight excluding hydrogens is 518 g/mol. The molecule has 1 spiro atoms. The molecule has 1 aromatic heterocycles. The Bertz CT molecular complexity index is 2410. The lowest BCUT2D eigenvalue weighted by molar-refractivity contribution is 0.772. The van der Waals surface area contributed by atoms with Gasteiger partial charge in [-0.3, -0.25) is 4.98 Å². The van der Waals surface area contributed by atoms with Gasteiger partial charge in [-0.1, -0.05) is 121 Å². The Morgan fingerprint density at radius 1 is 0.419 bits per heavy atom. The monoisotopic (exact) mass is 543 g/mol. The molecule has 0 amide bonds. The first-order valence-corrected chi connectivity index (χ1v) is 15.0. The Hall–Kier alpha value is -5.53. The van der Waals surface area contributed by atoms with Gasteiger partial charge in [-0.2, -0.15) is 0 Å². The number of fused-ring (bicyclic) bond motifs is 11. The van der Waals surface area contributed by atoms with Crippen LogP contribution in [-0.2, 0) is 5.41 Å². The molecule has 7 aromatic carbocycles. The van der Waals surface area contributed by atoms with Crippen molar-refractivity contribution in [3.63, 3.8) is 0 Å². The number of hydrogen-bond acceptors (Lipinski definition) is 1. The van der Waals surface area contributed by atoms with Gasteiger partial charge in [-0.15, -0.1) is 0 Å². The highest BCUT2D eigenvalue weighted by molar-refractivity contribution is 6.13. The summed E-state index contributed by atoms with van der Waals surface area (Å²) in [5.41, 5.74) is 12.6. The number of benzene rings is 7. The molecule has 1 atom stereocenters. The average Bonchev–Trinajstić information content (AvgIpc) is 3.36. The van der Waals surface area contributed by atoms with Crippen molar-refractivity contribution in [3.05, 3.63) is 174 Å². The average molecular weight is 544 g/mol. The van der Waals surface area contributed by atoms with Crippen LogP contribution in [0, 0.1) is 0 Å². The van der Waals surface area contributed by atoms with Gasteiger partial charge in [0, 0.05) is 18.0 Å². The first-order chi connectivity index (χ1) is 21.3. The van der Waals surface area contributed by atoms with E-state index < -0.39 is 5.41 Å². The van der Waals surface area contributed by atoms with Gasteiger partial charge in [0.05, 0.1) is 5.41 Å². The van der Waals surface area contributed by atoms with Crippen LogP contribution in [0.2, 0.25) is 0 Å². The largest absolute Gasteiger partial charge is 0.264 e. The van der Waals surface area contributed by atoms with E-state index in [0.29, 0.717) is 0 Å². The summed E-state index contributed by atoms with van der Waals surface area (Å²) >= 11 is 0. The molecule has 0 radical (unpaired) electrons. The van der Waals surface area contributed by atoms with Gasteiger partial charge >= 0.3 is 0 Å². The van der Waals surface area contributed by atoms with E-state index in [1.807, 2.05) is 6.20 Å². The van der Waals surface area contributed by atoms with Crippen molar-refractivity contribution in [2.45, 2.75) is 5.41 Å². The number of nitrogens with zero attached hydrogens (tertiary/aromatic N) is 1. The standard InChI is InChI=1S/C42H25N/c1-3-13-30-27(9-1)23-28-10-2-4-14-31(28)40(30)29-19-20-37-34(24-29)35-25-43-22-21-38(35)42(37)36-17-6-5-15-32(36)33-16-7-11-26-12-8-18-39(42)41(26)33/h1-25H. The van der Waals surface area contributed by atoms with Gasteiger partial charge in [0.2, 0.25) is 0 Å².